The van der Waals surface area contributed by atoms with Gasteiger partial charge in [0.15, 0.2) is 11.6 Å². The maximum atomic E-state index is 14.9. The number of thiophene rings is 1. The molecule has 0 radical (unpaired) electrons. The Bertz CT molecular complexity index is 1560. The standard InChI is InChI=1S/C31H31FN4O4S/c32-24-15-21(14-23(37)13-20-1-2-20)4-6-27(24)40-28-7-8-33-26-16-29(41-31(26)28)25-5-3-22(17-34-25)18-35-9-11-36(12-10-35)19-30(38)39/h3-8,15-17,20H,1-2,9-14,18-19H2,(H,38,39). The Morgan fingerprint density at radius 3 is 2.46 bits per heavy atom. The van der Waals surface area contributed by atoms with Gasteiger partial charge in [-0.15, -0.1) is 11.3 Å². The van der Waals surface area contributed by atoms with E-state index in [0.29, 0.717) is 23.7 Å². The largest absolute Gasteiger partial charge is 0.480 e. The molecule has 1 aliphatic heterocycles. The summed E-state index contributed by atoms with van der Waals surface area (Å²) >= 11 is 1.49. The highest BCUT2D eigenvalue weighted by atomic mass is 32.1. The molecule has 1 N–H and O–H groups in total. The molecule has 4 heterocycles. The Morgan fingerprint density at radius 1 is 0.976 bits per heavy atom. The number of ether oxygens (including phenoxy) is 1. The molecule has 2 fully saturated rings. The number of carbonyl (C=O) groups excluding carboxylic acids is 1. The molecular formula is C31H31FN4O4S. The SMILES string of the molecule is O=C(O)CN1CCN(Cc2ccc(-c3cc4nccc(Oc5ccc(CC(=O)CC6CC6)cc5F)c4s3)nc2)CC1. The molecule has 1 aliphatic carbocycles. The van der Waals surface area contributed by atoms with Gasteiger partial charge >= 0.3 is 5.97 Å². The number of fused-ring (bicyclic) bond motifs is 1. The van der Waals surface area contributed by atoms with E-state index < -0.39 is 11.8 Å². The first kappa shape index (κ1) is 27.4. The van der Waals surface area contributed by atoms with Crippen LogP contribution in [0.3, 0.4) is 0 Å². The highest BCUT2D eigenvalue weighted by Crippen LogP contribution is 2.39. The molecule has 1 saturated carbocycles. The summed E-state index contributed by atoms with van der Waals surface area (Å²) in [6.45, 7) is 3.98. The maximum Gasteiger partial charge on any atom is 0.317 e. The topological polar surface area (TPSA) is 95.9 Å². The molecule has 0 bridgehead atoms. The number of carboxylic acid groups (broad SMARTS) is 1. The van der Waals surface area contributed by atoms with Crippen LogP contribution in [0.4, 0.5) is 4.39 Å². The molecule has 1 aromatic carbocycles. The fraction of sp³-hybridized carbons (Fsp3) is 0.355. The number of piperazine rings is 1. The van der Waals surface area contributed by atoms with Crippen LogP contribution >= 0.6 is 11.3 Å². The zero-order chi connectivity index (χ0) is 28.3. The summed E-state index contributed by atoms with van der Waals surface area (Å²) in [6, 6.07) is 12.5. The van der Waals surface area contributed by atoms with Gasteiger partial charge in [-0.2, -0.15) is 0 Å². The maximum absolute atomic E-state index is 14.9. The Hall–Kier alpha value is -3.73. The number of benzene rings is 1. The average Bonchev–Trinajstić information content (AvgIpc) is 3.65. The first-order valence-electron chi connectivity index (χ1n) is 13.9. The van der Waals surface area contributed by atoms with Crippen molar-refractivity contribution >= 4 is 33.3 Å². The second-order valence-corrected chi connectivity index (χ2v) is 11.9. The second-order valence-electron chi connectivity index (χ2n) is 10.9. The van der Waals surface area contributed by atoms with E-state index in [2.05, 4.69) is 20.9 Å². The summed E-state index contributed by atoms with van der Waals surface area (Å²) < 4.78 is 21.7. The van der Waals surface area contributed by atoms with Crippen molar-refractivity contribution in [3.63, 3.8) is 0 Å². The van der Waals surface area contributed by atoms with Crippen LogP contribution in [0.15, 0.2) is 54.9 Å². The summed E-state index contributed by atoms with van der Waals surface area (Å²) in [5, 5.41) is 8.98. The van der Waals surface area contributed by atoms with Gasteiger partial charge in [-0.1, -0.05) is 12.1 Å². The lowest BCUT2D eigenvalue weighted by molar-refractivity contribution is -0.138. The Labute approximate surface area is 241 Å². The number of pyridine rings is 2. The third-order valence-electron chi connectivity index (χ3n) is 7.51. The lowest BCUT2D eigenvalue weighted by atomic mass is 10.0. The van der Waals surface area contributed by atoms with Gasteiger partial charge in [0.25, 0.3) is 0 Å². The Morgan fingerprint density at radius 2 is 1.76 bits per heavy atom. The first-order valence-corrected chi connectivity index (χ1v) is 14.7. The molecular weight excluding hydrogens is 543 g/mol. The monoisotopic (exact) mass is 574 g/mol. The number of rotatable bonds is 11. The summed E-state index contributed by atoms with van der Waals surface area (Å²) in [5.41, 5.74) is 3.32. The number of nitrogens with zero attached hydrogens (tertiary/aromatic N) is 4. The number of hydrogen-bond donors (Lipinski definition) is 1. The molecule has 10 heteroatoms. The van der Waals surface area contributed by atoms with E-state index in [0.717, 1.165) is 71.9 Å². The molecule has 0 spiro atoms. The Balaban J connectivity index is 1.11. The molecule has 41 heavy (non-hydrogen) atoms. The van der Waals surface area contributed by atoms with Crippen molar-refractivity contribution in [3.8, 4) is 22.1 Å². The van der Waals surface area contributed by atoms with Crippen LogP contribution < -0.4 is 4.74 Å². The van der Waals surface area contributed by atoms with Gasteiger partial charge in [0, 0.05) is 64.0 Å². The van der Waals surface area contributed by atoms with Gasteiger partial charge in [0.05, 0.1) is 27.3 Å². The van der Waals surface area contributed by atoms with Crippen molar-refractivity contribution in [3.05, 3.63) is 71.8 Å². The highest BCUT2D eigenvalue weighted by molar-refractivity contribution is 7.22. The molecule has 1 saturated heterocycles. The summed E-state index contributed by atoms with van der Waals surface area (Å²) in [6.07, 6.45) is 6.59. The van der Waals surface area contributed by atoms with Crippen molar-refractivity contribution in [2.75, 3.05) is 32.7 Å². The van der Waals surface area contributed by atoms with E-state index in [4.69, 9.17) is 9.84 Å². The van der Waals surface area contributed by atoms with Gasteiger partial charge in [0.1, 0.15) is 11.5 Å². The normalized spacial score (nSPS) is 16.2. The number of halogens is 1. The highest BCUT2D eigenvalue weighted by Gasteiger charge is 2.24. The van der Waals surface area contributed by atoms with Crippen molar-refractivity contribution < 1.29 is 23.8 Å². The van der Waals surface area contributed by atoms with E-state index in [9.17, 15) is 14.0 Å². The summed E-state index contributed by atoms with van der Waals surface area (Å²) in [7, 11) is 0. The van der Waals surface area contributed by atoms with Crippen LogP contribution in [-0.4, -0.2) is 69.4 Å². The third-order valence-corrected chi connectivity index (χ3v) is 8.68. The molecule has 0 amide bonds. The third kappa shape index (κ3) is 6.95. The number of aromatic nitrogens is 2. The van der Waals surface area contributed by atoms with Crippen LogP contribution in [0, 0.1) is 11.7 Å². The van der Waals surface area contributed by atoms with E-state index in [1.54, 1.807) is 24.4 Å². The smallest absolute Gasteiger partial charge is 0.317 e. The van der Waals surface area contributed by atoms with Crippen LogP contribution in [-0.2, 0) is 22.6 Å². The van der Waals surface area contributed by atoms with Crippen LogP contribution in [0.25, 0.3) is 20.8 Å². The number of hydrogen-bond acceptors (Lipinski definition) is 8. The molecule has 0 atom stereocenters. The van der Waals surface area contributed by atoms with Gasteiger partial charge in [-0.3, -0.25) is 29.4 Å². The average molecular weight is 575 g/mol. The first-order chi connectivity index (χ1) is 19.9. The number of carboxylic acids is 1. The summed E-state index contributed by atoms with van der Waals surface area (Å²) in [4.78, 5) is 37.5. The molecule has 212 valence electrons. The molecule has 2 aliphatic rings. The van der Waals surface area contributed by atoms with E-state index in [-0.39, 0.29) is 24.5 Å². The van der Waals surface area contributed by atoms with Gasteiger partial charge < -0.3 is 9.84 Å². The molecule has 4 aromatic rings. The van der Waals surface area contributed by atoms with Crippen LogP contribution in [0.1, 0.15) is 30.4 Å². The minimum Gasteiger partial charge on any atom is -0.480 e. The molecule has 3 aromatic heterocycles. The lowest BCUT2D eigenvalue weighted by Crippen LogP contribution is -2.47. The number of ketones is 1. The number of aliphatic carboxylic acids is 1. The zero-order valence-electron chi connectivity index (χ0n) is 22.6. The number of carbonyl (C=O) groups is 2. The number of Topliss-reactive ketones (excluding diaryl/α,β-unsaturated/α-hetero) is 1. The van der Waals surface area contributed by atoms with Crippen molar-refractivity contribution in [1.82, 2.24) is 19.8 Å². The minimum atomic E-state index is -0.789. The fourth-order valence-corrected chi connectivity index (χ4v) is 6.18. The lowest BCUT2D eigenvalue weighted by Gasteiger charge is -2.33. The molecule has 0 unspecified atom stereocenters. The minimum absolute atomic E-state index is 0.0879. The van der Waals surface area contributed by atoms with Gasteiger partial charge in [0.2, 0.25) is 0 Å². The predicted octanol–water partition coefficient (Wildman–Crippen LogP) is 5.40. The predicted molar refractivity (Wildman–Crippen MR) is 155 cm³/mol. The van der Waals surface area contributed by atoms with Crippen LogP contribution in [0.2, 0.25) is 0 Å². The van der Waals surface area contributed by atoms with E-state index in [1.807, 2.05) is 23.2 Å². The molecule has 8 nitrogen and oxygen atoms in total. The zero-order valence-corrected chi connectivity index (χ0v) is 23.4. The molecule has 6 rings (SSSR count). The Kier molecular flexibility index (Phi) is 8.04. The van der Waals surface area contributed by atoms with Gasteiger partial charge in [-0.25, -0.2) is 4.39 Å². The summed E-state index contributed by atoms with van der Waals surface area (Å²) in [5.74, 6) is 0.0116. The second kappa shape index (κ2) is 12.0. The van der Waals surface area contributed by atoms with E-state index >= 15 is 0 Å². The van der Waals surface area contributed by atoms with Crippen molar-refractivity contribution in [1.29, 1.82) is 0 Å². The van der Waals surface area contributed by atoms with Crippen LogP contribution in [0.5, 0.6) is 11.5 Å². The van der Waals surface area contributed by atoms with E-state index in [1.165, 1.54) is 17.4 Å². The van der Waals surface area contributed by atoms with Crippen molar-refractivity contribution in [2.45, 2.75) is 32.2 Å². The quantitative estimate of drug-likeness (QED) is 0.254. The van der Waals surface area contributed by atoms with Crippen molar-refractivity contribution in [2.24, 2.45) is 5.92 Å². The fourth-order valence-electron chi connectivity index (χ4n) is 5.14. The van der Waals surface area contributed by atoms with Gasteiger partial charge in [-0.05, 0) is 54.2 Å².